The minimum absolute atomic E-state index is 0.0703. The van der Waals surface area contributed by atoms with Crippen molar-refractivity contribution in [1.82, 2.24) is 4.90 Å². The Morgan fingerprint density at radius 3 is 2.17 bits per heavy atom. The summed E-state index contributed by atoms with van der Waals surface area (Å²) in [4.78, 5) is 14.9. The van der Waals surface area contributed by atoms with E-state index in [9.17, 15) is 4.79 Å². The topological polar surface area (TPSA) is 46.3 Å². The Morgan fingerprint density at radius 2 is 1.89 bits per heavy atom. The zero-order chi connectivity index (χ0) is 14.3. The second-order valence-electron chi connectivity index (χ2n) is 4.59. The fourth-order valence-electron chi connectivity index (χ4n) is 2.21. The van der Waals surface area contributed by atoms with E-state index in [1.807, 2.05) is 25.8 Å². The van der Waals surface area contributed by atoms with Crippen LogP contribution in [0.5, 0.6) is 0 Å². The molecular weight excluding hydrogens is 264 g/mol. The molecule has 2 N–H and O–H groups in total. The van der Waals surface area contributed by atoms with E-state index in [2.05, 4.69) is 13.2 Å². The molecule has 0 saturated heterocycles. The van der Waals surface area contributed by atoms with Crippen molar-refractivity contribution in [3.8, 4) is 0 Å². The Labute approximate surface area is 121 Å². The molecule has 1 unspecified atom stereocenters. The molecule has 106 valence electrons. The first-order valence-corrected chi connectivity index (χ1v) is 8.27. The summed E-state index contributed by atoms with van der Waals surface area (Å²) in [5.74, 6) is 1.01. The van der Waals surface area contributed by atoms with Crippen LogP contribution in [0, 0.1) is 5.41 Å². The number of amides is 1. The van der Waals surface area contributed by atoms with E-state index in [0.717, 1.165) is 12.2 Å². The van der Waals surface area contributed by atoms with Crippen molar-refractivity contribution >= 4 is 34.9 Å². The Kier molecular flexibility index (Phi) is 7.87. The molecule has 1 atom stereocenters. The van der Waals surface area contributed by atoms with Gasteiger partial charge in [-0.05, 0) is 25.5 Å². The lowest BCUT2D eigenvalue weighted by molar-refractivity contribution is -0.139. The second kappa shape index (κ2) is 8.00. The van der Waals surface area contributed by atoms with Gasteiger partial charge in [0.1, 0.15) is 0 Å². The number of carbonyl (C=O) groups is 1. The summed E-state index contributed by atoms with van der Waals surface area (Å²) in [7, 11) is 1.87. The van der Waals surface area contributed by atoms with Gasteiger partial charge in [0, 0.05) is 18.8 Å². The van der Waals surface area contributed by atoms with E-state index in [4.69, 9.17) is 18.0 Å². The summed E-state index contributed by atoms with van der Waals surface area (Å²) in [6, 6.07) is 0.249. The molecule has 0 bridgehead atoms. The third-order valence-electron chi connectivity index (χ3n) is 3.79. The molecular formula is C13H26N2OS2. The maximum Gasteiger partial charge on any atom is 0.235 e. The third-order valence-corrected chi connectivity index (χ3v) is 4.90. The summed E-state index contributed by atoms with van der Waals surface area (Å²) in [5.41, 5.74) is 5.16. The molecule has 0 aromatic heterocycles. The summed E-state index contributed by atoms with van der Waals surface area (Å²) < 4.78 is 0. The molecule has 0 aliphatic heterocycles. The number of hydrogen-bond donors (Lipinski definition) is 1. The molecule has 0 heterocycles. The lowest BCUT2D eigenvalue weighted by Gasteiger charge is -2.37. The van der Waals surface area contributed by atoms with Crippen LogP contribution in [0.3, 0.4) is 0 Å². The van der Waals surface area contributed by atoms with Crippen LogP contribution in [0.1, 0.15) is 40.0 Å². The quantitative estimate of drug-likeness (QED) is 0.698. The minimum Gasteiger partial charge on any atom is -0.392 e. The number of carbonyl (C=O) groups excluding carboxylic acids is 1. The van der Waals surface area contributed by atoms with Gasteiger partial charge in [0.05, 0.1) is 10.4 Å². The predicted molar refractivity (Wildman–Crippen MR) is 85.0 cm³/mol. The first-order chi connectivity index (χ1) is 8.41. The van der Waals surface area contributed by atoms with Crippen LogP contribution in [-0.2, 0) is 4.79 Å². The predicted octanol–water partition coefficient (Wildman–Crippen LogP) is 2.68. The summed E-state index contributed by atoms with van der Waals surface area (Å²) in [5, 5.41) is 0. The van der Waals surface area contributed by atoms with Gasteiger partial charge in [-0.2, -0.15) is 11.8 Å². The van der Waals surface area contributed by atoms with Crippen LogP contribution in [0.25, 0.3) is 0 Å². The molecule has 0 aliphatic rings. The van der Waals surface area contributed by atoms with Crippen LogP contribution >= 0.6 is 24.0 Å². The first kappa shape index (κ1) is 17.7. The monoisotopic (exact) mass is 290 g/mol. The fraction of sp³-hybridized carbons (Fsp3) is 0.846. The molecule has 0 fully saturated rings. The van der Waals surface area contributed by atoms with Crippen molar-refractivity contribution in [2.75, 3.05) is 19.1 Å². The molecule has 0 saturated carbocycles. The number of rotatable bonds is 8. The normalized spacial score (nSPS) is 13.2. The van der Waals surface area contributed by atoms with Gasteiger partial charge in [-0.15, -0.1) is 0 Å². The second-order valence-corrected chi connectivity index (χ2v) is 5.94. The van der Waals surface area contributed by atoms with Gasteiger partial charge in [0.25, 0.3) is 0 Å². The molecule has 0 aliphatic carbocycles. The van der Waals surface area contributed by atoms with Crippen molar-refractivity contribution in [3.63, 3.8) is 0 Å². The zero-order valence-electron chi connectivity index (χ0n) is 12.2. The maximum atomic E-state index is 12.7. The molecule has 3 nitrogen and oxygen atoms in total. The number of nitrogens with two attached hydrogens (primary N) is 1. The number of thiocarbonyl (C=S) groups is 1. The fourth-order valence-corrected chi connectivity index (χ4v) is 3.43. The van der Waals surface area contributed by atoms with Gasteiger partial charge in [-0.1, -0.05) is 33.0 Å². The highest BCUT2D eigenvalue weighted by Crippen LogP contribution is 2.30. The van der Waals surface area contributed by atoms with E-state index in [-0.39, 0.29) is 11.9 Å². The van der Waals surface area contributed by atoms with Gasteiger partial charge >= 0.3 is 0 Å². The lowest BCUT2D eigenvalue weighted by atomic mass is 9.80. The van der Waals surface area contributed by atoms with Crippen LogP contribution in [-0.4, -0.2) is 40.9 Å². The van der Waals surface area contributed by atoms with Gasteiger partial charge in [-0.25, -0.2) is 0 Å². The Morgan fingerprint density at radius 1 is 1.39 bits per heavy atom. The van der Waals surface area contributed by atoms with Crippen molar-refractivity contribution in [2.45, 2.75) is 46.1 Å². The smallest absolute Gasteiger partial charge is 0.235 e. The van der Waals surface area contributed by atoms with Crippen LogP contribution in [0.15, 0.2) is 0 Å². The Hall–Kier alpha value is -0.290. The highest BCUT2D eigenvalue weighted by molar-refractivity contribution is 7.98. The van der Waals surface area contributed by atoms with Crippen LogP contribution in [0.2, 0.25) is 0 Å². The maximum absolute atomic E-state index is 12.7. The van der Waals surface area contributed by atoms with E-state index in [0.29, 0.717) is 17.8 Å². The molecule has 5 heteroatoms. The Bertz CT molecular complexity index is 291. The molecule has 18 heavy (non-hydrogen) atoms. The number of hydrogen-bond acceptors (Lipinski definition) is 3. The molecule has 0 aromatic carbocycles. The molecule has 0 rings (SSSR count). The average Bonchev–Trinajstić information content (AvgIpc) is 2.36. The van der Waals surface area contributed by atoms with Gasteiger partial charge in [0.2, 0.25) is 5.91 Å². The Balaban J connectivity index is 5.14. The third kappa shape index (κ3) is 3.60. The number of thioether (sulfide) groups is 1. The highest BCUT2D eigenvalue weighted by Gasteiger charge is 2.41. The largest absolute Gasteiger partial charge is 0.392 e. The van der Waals surface area contributed by atoms with Gasteiger partial charge < -0.3 is 10.6 Å². The average molecular weight is 290 g/mol. The van der Waals surface area contributed by atoms with E-state index < -0.39 is 5.41 Å². The SMILES string of the molecule is CCC(CSC)N(C)C(=O)C(CC)(CC)C(N)=S. The minimum atomic E-state index is -0.671. The molecule has 0 spiro atoms. The van der Waals surface area contributed by atoms with Crippen molar-refractivity contribution in [3.05, 3.63) is 0 Å². The van der Waals surface area contributed by atoms with Gasteiger partial charge in [-0.3, -0.25) is 4.79 Å². The van der Waals surface area contributed by atoms with Crippen molar-refractivity contribution < 1.29 is 4.79 Å². The van der Waals surface area contributed by atoms with Crippen LogP contribution in [0.4, 0.5) is 0 Å². The van der Waals surface area contributed by atoms with E-state index in [1.54, 1.807) is 11.8 Å². The summed E-state index contributed by atoms with van der Waals surface area (Å²) >= 11 is 6.89. The van der Waals surface area contributed by atoms with Gasteiger partial charge in [0.15, 0.2) is 0 Å². The summed E-state index contributed by atoms with van der Waals surface area (Å²) in [6.45, 7) is 6.05. The van der Waals surface area contributed by atoms with Crippen LogP contribution < -0.4 is 5.73 Å². The highest BCUT2D eigenvalue weighted by atomic mass is 32.2. The standard InChI is InChI=1S/C13H26N2OS2/c1-6-10(9-18-5)15(4)12(16)13(7-2,8-3)11(14)17/h10H,6-9H2,1-5H3,(H2,14,17). The van der Waals surface area contributed by atoms with E-state index >= 15 is 0 Å². The summed E-state index contributed by atoms with van der Waals surface area (Å²) in [6.07, 6.45) is 4.33. The lowest BCUT2D eigenvalue weighted by Crippen LogP contribution is -2.52. The number of nitrogens with zero attached hydrogens (tertiary/aromatic N) is 1. The molecule has 0 radical (unpaired) electrons. The first-order valence-electron chi connectivity index (χ1n) is 6.47. The van der Waals surface area contributed by atoms with Crippen molar-refractivity contribution in [2.24, 2.45) is 11.1 Å². The molecule has 1 amide bonds. The molecule has 0 aromatic rings. The zero-order valence-corrected chi connectivity index (χ0v) is 13.8. The van der Waals surface area contributed by atoms with Crippen molar-refractivity contribution in [1.29, 1.82) is 0 Å². The van der Waals surface area contributed by atoms with E-state index in [1.165, 1.54) is 0 Å².